The van der Waals surface area contributed by atoms with E-state index in [1.807, 2.05) is 0 Å². The second kappa shape index (κ2) is 6.02. The molecule has 0 aliphatic heterocycles. The number of methoxy groups -OCH3 is 1. The minimum absolute atomic E-state index is 0. The van der Waals surface area contributed by atoms with Crippen LogP contribution in [0.1, 0.15) is 6.92 Å². The fourth-order valence-corrected chi connectivity index (χ4v) is 0.831. The SMILES string of the molecule is COc1cccc(OC(C)=O)c1.[NaH]. The summed E-state index contributed by atoms with van der Waals surface area (Å²) in [5, 5.41) is 0. The van der Waals surface area contributed by atoms with E-state index in [9.17, 15) is 4.79 Å². The molecule has 0 atom stereocenters. The van der Waals surface area contributed by atoms with Crippen LogP contribution in [0.5, 0.6) is 11.5 Å². The molecule has 0 amide bonds. The summed E-state index contributed by atoms with van der Waals surface area (Å²) in [7, 11) is 1.56. The van der Waals surface area contributed by atoms with E-state index in [0.29, 0.717) is 11.5 Å². The number of hydrogen-bond donors (Lipinski definition) is 0. The number of benzene rings is 1. The predicted molar refractivity (Wildman–Crippen MR) is 51.5 cm³/mol. The van der Waals surface area contributed by atoms with Crippen LogP contribution in [0.15, 0.2) is 24.3 Å². The van der Waals surface area contributed by atoms with Gasteiger partial charge in [-0.2, -0.15) is 0 Å². The molecule has 0 heterocycles. The van der Waals surface area contributed by atoms with Gasteiger partial charge < -0.3 is 9.47 Å². The topological polar surface area (TPSA) is 35.5 Å². The van der Waals surface area contributed by atoms with Gasteiger partial charge in [-0.05, 0) is 12.1 Å². The van der Waals surface area contributed by atoms with E-state index in [2.05, 4.69) is 0 Å². The van der Waals surface area contributed by atoms with Crippen LogP contribution in [0.4, 0.5) is 0 Å². The second-order valence-corrected chi connectivity index (χ2v) is 2.27. The molecule has 3 nitrogen and oxygen atoms in total. The normalized spacial score (nSPS) is 8.46. The van der Waals surface area contributed by atoms with Crippen LogP contribution >= 0.6 is 0 Å². The molecule has 0 saturated heterocycles. The maximum absolute atomic E-state index is 10.5. The first-order valence-electron chi connectivity index (χ1n) is 3.55. The fourth-order valence-electron chi connectivity index (χ4n) is 0.831. The maximum atomic E-state index is 10.5. The standard InChI is InChI=1S/C9H10O3.Na.H/c1-7(10)12-9-5-3-4-8(6-9)11-2;;/h3-6H,1-2H3;;. The second-order valence-electron chi connectivity index (χ2n) is 2.27. The first-order valence-corrected chi connectivity index (χ1v) is 3.55. The van der Waals surface area contributed by atoms with E-state index in [1.54, 1.807) is 31.4 Å². The zero-order chi connectivity index (χ0) is 8.97. The molecule has 1 aromatic rings. The Morgan fingerprint density at radius 1 is 1.31 bits per heavy atom. The van der Waals surface area contributed by atoms with Crippen LogP contribution in [-0.4, -0.2) is 42.6 Å². The van der Waals surface area contributed by atoms with Gasteiger partial charge in [0.15, 0.2) is 0 Å². The first-order chi connectivity index (χ1) is 5.72. The van der Waals surface area contributed by atoms with Gasteiger partial charge in [0.2, 0.25) is 0 Å². The van der Waals surface area contributed by atoms with Crippen LogP contribution in [0, 0.1) is 0 Å². The van der Waals surface area contributed by atoms with E-state index in [0.717, 1.165) is 0 Å². The number of rotatable bonds is 2. The average molecular weight is 190 g/mol. The average Bonchev–Trinajstić information content (AvgIpc) is 2.03. The van der Waals surface area contributed by atoms with Crippen LogP contribution in [-0.2, 0) is 4.79 Å². The molecule has 4 heteroatoms. The molecule has 0 aromatic heterocycles. The third-order valence-corrected chi connectivity index (χ3v) is 1.30. The van der Waals surface area contributed by atoms with Crippen LogP contribution < -0.4 is 9.47 Å². The van der Waals surface area contributed by atoms with Gasteiger partial charge in [-0.3, -0.25) is 4.79 Å². The van der Waals surface area contributed by atoms with E-state index >= 15 is 0 Å². The van der Waals surface area contributed by atoms with E-state index in [-0.39, 0.29) is 35.5 Å². The Bertz CT molecular complexity index is 286. The van der Waals surface area contributed by atoms with E-state index in [1.165, 1.54) is 6.92 Å². The molecule has 0 spiro atoms. The molecule has 66 valence electrons. The van der Waals surface area contributed by atoms with Crippen LogP contribution in [0.2, 0.25) is 0 Å². The molecule has 1 rings (SSSR count). The summed E-state index contributed by atoms with van der Waals surface area (Å²) < 4.78 is 9.78. The molecule has 0 aliphatic rings. The van der Waals surface area contributed by atoms with Crippen molar-refractivity contribution in [3.63, 3.8) is 0 Å². The molecule has 0 N–H and O–H groups in total. The van der Waals surface area contributed by atoms with Crippen LogP contribution in [0.3, 0.4) is 0 Å². The number of ether oxygens (including phenoxy) is 2. The Morgan fingerprint density at radius 2 is 1.92 bits per heavy atom. The molecular formula is C9H11NaO3. The van der Waals surface area contributed by atoms with Gasteiger partial charge in [0, 0.05) is 13.0 Å². The Labute approximate surface area is 99.3 Å². The van der Waals surface area contributed by atoms with Crippen molar-refractivity contribution in [1.29, 1.82) is 0 Å². The Kier molecular flexibility index (Phi) is 5.79. The summed E-state index contributed by atoms with van der Waals surface area (Å²) in [5.41, 5.74) is 0. The molecular weight excluding hydrogens is 179 g/mol. The first kappa shape index (κ1) is 12.5. The Morgan fingerprint density at radius 3 is 2.46 bits per heavy atom. The third-order valence-electron chi connectivity index (χ3n) is 1.30. The van der Waals surface area contributed by atoms with Crippen molar-refractivity contribution in [1.82, 2.24) is 0 Å². The van der Waals surface area contributed by atoms with Gasteiger partial charge in [-0.15, -0.1) is 0 Å². The summed E-state index contributed by atoms with van der Waals surface area (Å²) in [6.07, 6.45) is 0. The molecule has 0 aliphatic carbocycles. The molecule has 0 fully saturated rings. The summed E-state index contributed by atoms with van der Waals surface area (Å²) in [4.78, 5) is 10.5. The molecule has 0 unspecified atom stereocenters. The van der Waals surface area contributed by atoms with Gasteiger partial charge >= 0.3 is 35.5 Å². The zero-order valence-electron chi connectivity index (χ0n) is 7.03. The number of hydrogen-bond acceptors (Lipinski definition) is 3. The number of carbonyl (C=O) groups excluding carboxylic acids is 1. The third kappa shape index (κ3) is 4.31. The summed E-state index contributed by atoms with van der Waals surface area (Å²) in [5.74, 6) is 0.846. The van der Waals surface area contributed by atoms with Crippen molar-refractivity contribution < 1.29 is 14.3 Å². The van der Waals surface area contributed by atoms with Gasteiger partial charge in [0.1, 0.15) is 11.5 Å². The van der Waals surface area contributed by atoms with E-state index < -0.39 is 0 Å². The fraction of sp³-hybridized carbons (Fsp3) is 0.222. The van der Waals surface area contributed by atoms with Gasteiger partial charge in [-0.1, -0.05) is 6.07 Å². The van der Waals surface area contributed by atoms with Crippen molar-refractivity contribution >= 4 is 35.5 Å². The molecule has 1 aromatic carbocycles. The van der Waals surface area contributed by atoms with Crippen molar-refractivity contribution in [3.8, 4) is 11.5 Å². The zero-order valence-corrected chi connectivity index (χ0v) is 7.03. The monoisotopic (exact) mass is 190 g/mol. The van der Waals surface area contributed by atoms with Crippen molar-refractivity contribution in [2.24, 2.45) is 0 Å². The quantitative estimate of drug-likeness (QED) is 0.396. The van der Waals surface area contributed by atoms with Gasteiger partial charge in [0.25, 0.3) is 0 Å². The Hall–Kier alpha value is -0.510. The molecule has 0 saturated carbocycles. The van der Waals surface area contributed by atoms with Crippen LogP contribution in [0.25, 0.3) is 0 Å². The van der Waals surface area contributed by atoms with Gasteiger partial charge in [0.05, 0.1) is 7.11 Å². The Balaban J connectivity index is 0.00000144. The van der Waals surface area contributed by atoms with Crippen molar-refractivity contribution in [2.45, 2.75) is 6.92 Å². The number of carbonyl (C=O) groups is 1. The summed E-state index contributed by atoms with van der Waals surface area (Å²) in [6.45, 7) is 1.36. The molecule has 13 heavy (non-hydrogen) atoms. The summed E-state index contributed by atoms with van der Waals surface area (Å²) >= 11 is 0. The number of esters is 1. The molecule has 0 bridgehead atoms. The molecule has 0 radical (unpaired) electrons. The minimum atomic E-state index is -0.330. The van der Waals surface area contributed by atoms with Crippen molar-refractivity contribution in [3.05, 3.63) is 24.3 Å². The predicted octanol–water partition coefficient (Wildman–Crippen LogP) is 0.972. The van der Waals surface area contributed by atoms with Gasteiger partial charge in [-0.25, -0.2) is 0 Å². The van der Waals surface area contributed by atoms with E-state index in [4.69, 9.17) is 9.47 Å². The van der Waals surface area contributed by atoms with Crippen molar-refractivity contribution in [2.75, 3.05) is 7.11 Å². The summed E-state index contributed by atoms with van der Waals surface area (Å²) in [6, 6.07) is 6.90.